The Labute approximate surface area is 105 Å². The van der Waals surface area contributed by atoms with Gasteiger partial charge in [-0.1, -0.05) is 0 Å². The zero-order valence-electron chi connectivity index (χ0n) is 10.0. The molecule has 2 rings (SSSR count). The van der Waals surface area contributed by atoms with Crippen LogP contribution in [0.3, 0.4) is 0 Å². The highest BCUT2D eigenvalue weighted by Gasteiger charge is 2.14. The molecule has 1 aliphatic heterocycles. The Morgan fingerprint density at radius 3 is 2.89 bits per heavy atom. The van der Waals surface area contributed by atoms with Crippen molar-refractivity contribution in [3.05, 3.63) is 35.4 Å². The van der Waals surface area contributed by atoms with Crippen LogP contribution >= 0.6 is 0 Å². The highest BCUT2D eigenvalue weighted by atomic mass is 19.2. The lowest BCUT2D eigenvalue weighted by Gasteiger charge is -2.10. The van der Waals surface area contributed by atoms with Crippen molar-refractivity contribution in [1.29, 1.82) is 0 Å². The zero-order chi connectivity index (χ0) is 13.0. The summed E-state index contributed by atoms with van der Waals surface area (Å²) in [6.07, 6.45) is 3.15. The van der Waals surface area contributed by atoms with Gasteiger partial charge in [0.25, 0.3) is 5.91 Å². The Bertz CT molecular complexity index is 431. The normalized spacial score (nSPS) is 18.9. The van der Waals surface area contributed by atoms with Crippen LogP contribution in [0.4, 0.5) is 8.78 Å². The van der Waals surface area contributed by atoms with Crippen molar-refractivity contribution >= 4 is 5.91 Å². The Morgan fingerprint density at radius 1 is 1.39 bits per heavy atom. The first-order valence-corrected chi connectivity index (χ1v) is 6.13. The summed E-state index contributed by atoms with van der Waals surface area (Å²) in [7, 11) is 0. The van der Waals surface area contributed by atoms with Crippen molar-refractivity contribution in [2.75, 3.05) is 13.1 Å². The molecule has 0 aliphatic carbocycles. The molecule has 0 radical (unpaired) electrons. The largest absolute Gasteiger partial charge is 0.352 e. The maximum atomic E-state index is 12.9. The van der Waals surface area contributed by atoms with Crippen molar-refractivity contribution in [1.82, 2.24) is 10.6 Å². The summed E-state index contributed by atoms with van der Waals surface area (Å²) in [6, 6.07) is 3.61. The van der Waals surface area contributed by atoms with Gasteiger partial charge in [0.05, 0.1) is 0 Å². The van der Waals surface area contributed by atoms with Gasteiger partial charge in [-0.15, -0.1) is 0 Å². The van der Waals surface area contributed by atoms with E-state index in [0.29, 0.717) is 12.6 Å². The third-order valence-corrected chi connectivity index (χ3v) is 3.12. The quantitative estimate of drug-likeness (QED) is 0.860. The van der Waals surface area contributed by atoms with Gasteiger partial charge in [-0.2, -0.15) is 0 Å². The number of carbonyl (C=O) groups is 1. The van der Waals surface area contributed by atoms with Crippen LogP contribution in [0.25, 0.3) is 0 Å². The average Bonchev–Trinajstić information content (AvgIpc) is 2.85. The molecule has 1 aliphatic rings. The lowest BCUT2D eigenvalue weighted by Crippen LogP contribution is -2.30. The molecule has 1 aromatic carbocycles. The molecule has 1 fully saturated rings. The Kier molecular flexibility index (Phi) is 4.25. The first kappa shape index (κ1) is 13.0. The van der Waals surface area contributed by atoms with Crippen molar-refractivity contribution in [3.8, 4) is 0 Å². The average molecular weight is 254 g/mol. The van der Waals surface area contributed by atoms with Crippen LogP contribution in [0.5, 0.6) is 0 Å². The monoisotopic (exact) mass is 254 g/mol. The molecule has 1 heterocycles. The highest BCUT2D eigenvalue weighted by molar-refractivity contribution is 5.94. The standard InChI is InChI=1S/C13H16F2N2O/c14-11-4-3-9(8-12(11)15)13(18)17-7-5-10-2-1-6-16-10/h3-4,8,10,16H,1-2,5-7H2,(H,17,18)/t10-/m0/s1. The van der Waals surface area contributed by atoms with E-state index in [9.17, 15) is 13.6 Å². The van der Waals surface area contributed by atoms with Gasteiger partial charge in [0.15, 0.2) is 11.6 Å². The van der Waals surface area contributed by atoms with Gasteiger partial charge in [0.1, 0.15) is 0 Å². The van der Waals surface area contributed by atoms with E-state index in [1.807, 2.05) is 0 Å². The first-order chi connectivity index (χ1) is 8.66. The van der Waals surface area contributed by atoms with Crippen molar-refractivity contribution in [2.24, 2.45) is 0 Å². The number of carbonyl (C=O) groups excluding carboxylic acids is 1. The lowest BCUT2D eigenvalue weighted by molar-refractivity contribution is 0.0952. The molecule has 98 valence electrons. The molecule has 5 heteroatoms. The number of benzene rings is 1. The second kappa shape index (κ2) is 5.91. The molecule has 1 atom stereocenters. The van der Waals surface area contributed by atoms with Crippen LogP contribution in [0, 0.1) is 11.6 Å². The third kappa shape index (κ3) is 3.26. The van der Waals surface area contributed by atoms with Gasteiger partial charge in [-0.3, -0.25) is 4.79 Å². The smallest absolute Gasteiger partial charge is 0.251 e. The van der Waals surface area contributed by atoms with Gasteiger partial charge in [0, 0.05) is 18.2 Å². The molecular weight excluding hydrogens is 238 g/mol. The van der Waals surface area contributed by atoms with Gasteiger partial charge in [-0.25, -0.2) is 8.78 Å². The summed E-state index contributed by atoms with van der Waals surface area (Å²) in [6.45, 7) is 1.57. The van der Waals surface area contributed by atoms with Crippen LogP contribution in [0.1, 0.15) is 29.6 Å². The van der Waals surface area contributed by atoms with Crippen molar-refractivity contribution < 1.29 is 13.6 Å². The number of hydrogen-bond donors (Lipinski definition) is 2. The number of halogens is 2. The Morgan fingerprint density at radius 2 is 2.22 bits per heavy atom. The molecule has 1 aromatic rings. The molecule has 1 amide bonds. The van der Waals surface area contributed by atoms with E-state index >= 15 is 0 Å². The van der Waals surface area contributed by atoms with Gasteiger partial charge in [-0.05, 0) is 44.0 Å². The minimum Gasteiger partial charge on any atom is -0.352 e. The molecule has 1 saturated heterocycles. The highest BCUT2D eigenvalue weighted by Crippen LogP contribution is 2.10. The summed E-state index contributed by atoms with van der Waals surface area (Å²) in [4.78, 5) is 11.7. The molecule has 0 spiro atoms. The summed E-state index contributed by atoms with van der Waals surface area (Å²) in [5, 5.41) is 6.03. The zero-order valence-corrected chi connectivity index (χ0v) is 10.0. The van der Waals surface area contributed by atoms with Crippen LogP contribution in [-0.4, -0.2) is 25.0 Å². The molecule has 3 nitrogen and oxygen atoms in total. The van der Waals surface area contributed by atoms with E-state index < -0.39 is 11.6 Å². The first-order valence-electron chi connectivity index (χ1n) is 6.13. The number of rotatable bonds is 4. The molecule has 0 bridgehead atoms. The SMILES string of the molecule is O=C(NCC[C@@H]1CCCN1)c1ccc(F)c(F)c1. The van der Waals surface area contributed by atoms with E-state index in [-0.39, 0.29) is 11.5 Å². The number of nitrogens with one attached hydrogen (secondary N) is 2. The summed E-state index contributed by atoms with van der Waals surface area (Å²) in [5.41, 5.74) is 0.147. The topological polar surface area (TPSA) is 41.1 Å². The van der Waals surface area contributed by atoms with Gasteiger partial charge < -0.3 is 10.6 Å². The molecule has 0 saturated carbocycles. The summed E-state index contributed by atoms with van der Waals surface area (Å²) >= 11 is 0. The van der Waals surface area contributed by atoms with Crippen LogP contribution < -0.4 is 10.6 Å². The Balaban J connectivity index is 1.81. The van der Waals surface area contributed by atoms with E-state index in [0.717, 1.165) is 31.5 Å². The van der Waals surface area contributed by atoms with Crippen molar-refractivity contribution in [2.45, 2.75) is 25.3 Å². The second-order valence-electron chi connectivity index (χ2n) is 4.47. The van der Waals surface area contributed by atoms with Gasteiger partial charge in [0.2, 0.25) is 0 Å². The lowest BCUT2D eigenvalue weighted by atomic mass is 10.1. The fourth-order valence-electron chi connectivity index (χ4n) is 2.10. The fraction of sp³-hybridized carbons (Fsp3) is 0.462. The van der Waals surface area contributed by atoms with Crippen molar-refractivity contribution in [3.63, 3.8) is 0 Å². The third-order valence-electron chi connectivity index (χ3n) is 3.12. The predicted molar refractivity (Wildman–Crippen MR) is 64.3 cm³/mol. The minimum absolute atomic E-state index is 0.147. The van der Waals surface area contributed by atoms with Crippen LogP contribution in [0.2, 0.25) is 0 Å². The van der Waals surface area contributed by atoms with Gasteiger partial charge >= 0.3 is 0 Å². The minimum atomic E-state index is -1.000. The molecule has 2 N–H and O–H groups in total. The fourth-order valence-corrected chi connectivity index (χ4v) is 2.10. The van der Waals surface area contributed by atoms with Crippen LogP contribution in [-0.2, 0) is 0 Å². The number of hydrogen-bond acceptors (Lipinski definition) is 2. The van der Waals surface area contributed by atoms with E-state index in [1.165, 1.54) is 12.5 Å². The van der Waals surface area contributed by atoms with E-state index in [1.54, 1.807) is 0 Å². The second-order valence-corrected chi connectivity index (χ2v) is 4.47. The molecule has 18 heavy (non-hydrogen) atoms. The molecule has 0 unspecified atom stereocenters. The summed E-state index contributed by atoms with van der Waals surface area (Å²) in [5.74, 6) is -2.31. The maximum Gasteiger partial charge on any atom is 0.251 e. The van der Waals surface area contributed by atoms with E-state index in [2.05, 4.69) is 10.6 Å². The number of amides is 1. The molecular formula is C13H16F2N2O. The predicted octanol–water partition coefficient (Wildman–Crippen LogP) is 1.84. The Hall–Kier alpha value is -1.49. The molecule has 0 aromatic heterocycles. The van der Waals surface area contributed by atoms with Crippen LogP contribution in [0.15, 0.2) is 18.2 Å². The maximum absolute atomic E-state index is 12.9. The summed E-state index contributed by atoms with van der Waals surface area (Å²) < 4.78 is 25.6. The van der Waals surface area contributed by atoms with E-state index in [4.69, 9.17) is 0 Å².